The second-order valence-electron chi connectivity index (χ2n) is 15.8. The smallest absolute Gasteiger partial charge is 0.159 e. The summed E-state index contributed by atoms with van der Waals surface area (Å²) in [5.41, 5.74) is 10.4. The predicted octanol–water partition coefficient (Wildman–Crippen LogP) is 16.4. The van der Waals surface area contributed by atoms with Gasteiger partial charge < -0.3 is 13.7 Å². The van der Waals surface area contributed by atoms with Crippen LogP contribution in [0.4, 0.5) is 17.1 Å². The number of para-hydroxylation sites is 2. The van der Waals surface area contributed by atoms with E-state index >= 15 is 0 Å². The minimum atomic E-state index is 0.422. The van der Waals surface area contributed by atoms with Crippen molar-refractivity contribution in [3.63, 3.8) is 0 Å². The largest absolute Gasteiger partial charge is 0.456 e. The lowest BCUT2D eigenvalue weighted by molar-refractivity contribution is 0.669. The van der Waals surface area contributed by atoms with Crippen molar-refractivity contribution in [3.8, 4) is 11.1 Å². The van der Waals surface area contributed by atoms with E-state index in [0.717, 1.165) is 77.3 Å². The van der Waals surface area contributed by atoms with Crippen LogP contribution in [0.2, 0.25) is 0 Å². The molecule has 0 saturated carbocycles. The van der Waals surface area contributed by atoms with E-state index in [1.807, 2.05) is 6.07 Å². The summed E-state index contributed by atoms with van der Waals surface area (Å²) in [6.45, 7) is 4.49. The molecule has 0 aliphatic rings. The van der Waals surface area contributed by atoms with E-state index in [1.165, 1.54) is 43.4 Å². The van der Waals surface area contributed by atoms with Gasteiger partial charge in [-0.2, -0.15) is 0 Å². The third-order valence-corrected chi connectivity index (χ3v) is 12.2. The molecular formula is C55H37NO2. The number of furan rings is 2. The van der Waals surface area contributed by atoms with Crippen molar-refractivity contribution in [2.75, 3.05) is 4.90 Å². The summed E-state index contributed by atoms with van der Waals surface area (Å²) >= 11 is 0. The molecule has 12 aromatic rings. The average Bonchev–Trinajstić information content (AvgIpc) is 3.83. The third-order valence-electron chi connectivity index (χ3n) is 12.2. The number of benzene rings is 10. The van der Waals surface area contributed by atoms with Gasteiger partial charge in [0.05, 0.1) is 11.4 Å². The van der Waals surface area contributed by atoms with Gasteiger partial charge in [-0.15, -0.1) is 0 Å². The third kappa shape index (κ3) is 4.86. The summed E-state index contributed by atoms with van der Waals surface area (Å²) < 4.78 is 13.3. The van der Waals surface area contributed by atoms with Crippen LogP contribution in [0.1, 0.15) is 25.3 Å². The molecule has 0 aliphatic heterocycles. The molecule has 0 aliphatic carbocycles. The first-order valence-electron chi connectivity index (χ1n) is 20.1. The van der Waals surface area contributed by atoms with Gasteiger partial charge >= 0.3 is 0 Å². The van der Waals surface area contributed by atoms with E-state index in [-0.39, 0.29) is 0 Å². The van der Waals surface area contributed by atoms with Crippen LogP contribution in [-0.2, 0) is 0 Å². The highest BCUT2D eigenvalue weighted by Crippen LogP contribution is 2.50. The number of nitrogens with zero attached hydrogens (tertiary/aromatic N) is 1. The molecule has 10 aromatic carbocycles. The quantitative estimate of drug-likeness (QED) is 0.130. The number of hydrogen-bond acceptors (Lipinski definition) is 3. The number of fused-ring (bicyclic) bond motifs is 11. The van der Waals surface area contributed by atoms with Crippen molar-refractivity contribution in [2.45, 2.75) is 19.8 Å². The SMILES string of the molecule is CC(C)c1ccc(N(c2c3ccccc3c(-c3ccc4oc5cc6c(ccc7ccccc76)cc5c4c3)c3ccccc23)c2cccc3c2oc2ccccc23)cc1. The summed E-state index contributed by atoms with van der Waals surface area (Å²) in [6.07, 6.45) is 0. The lowest BCUT2D eigenvalue weighted by Gasteiger charge is -2.29. The second-order valence-corrected chi connectivity index (χ2v) is 15.8. The number of rotatable bonds is 5. The van der Waals surface area contributed by atoms with E-state index in [9.17, 15) is 0 Å². The van der Waals surface area contributed by atoms with Gasteiger partial charge in [0.15, 0.2) is 5.58 Å². The highest BCUT2D eigenvalue weighted by Gasteiger charge is 2.25. The average molecular weight is 744 g/mol. The molecular weight excluding hydrogens is 707 g/mol. The van der Waals surface area contributed by atoms with Crippen LogP contribution < -0.4 is 4.90 Å². The molecule has 0 fully saturated rings. The van der Waals surface area contributed by atoms with Gasteiger partial charge in [0.2, 0.25) is 0 Å². The van der Waals surface area contributed by atoms with Crippen LogP contribution in [0.15, 0.2) is 191 Å². The Morgan fingerprint density at radius 1 is 0.397 bits per heavy atom. The highest BCUT2D eigenvalue weighted by molar-refractivity contribution is 6.24. The topological polar surface area (TPSA) is 29.5 Å². The lowest BCUT2D eigenvalue weighted by Crippen LogP contribution is -2.12. The first kappa shape index (κ1) is 32.8. The Bertz CT molecular complexity index is 3550. The van der Waals surface area contributed by atoms with Gasteiger partial charge in [0.1, 0.15) is 16.7 Å². The van der Waals surface area contributed by atoms with Gasteiger partial charge in [-0.05, 0) is 103 Å². The molecule has 0 atom stereocenters. The fourth-order valence-electron chi connectivity index (χ4n) is 9.40. The molecule has 274 valence electrons. The zero-order valence-corrected chi connectivity index (χ0v) is 32.2. The van der Waals surface area contributed by atoms with Crippen LogP contribution in [0.5, 0.6) is 0 Å². The van der Waals surface area contributed by atoms with Gasteiger partial charge in [0.25, 0.3) is 0 Å². The molecule has 2 heterocycles. The molecule has 3 nitrogen and oxygen atoms in total. The molecule has 0 radical (unpaired) electrons. The molecule has 0 N–H and O–H groups in total. The lowest BCUT2D eigenvalue weighted by atomic mass is 9.89. The first-order valence-corrected chi connectivity index (χ1v) is 20.1. The first-order chi connectivity index (χ1) is 28.6. The highest BCUT2D eigenvalue weighted by atomic mass is 16.3. The number of anilines is 3. The minimum Gasteiger partial charge on any atom is -0.456 e. The van der Waals surface area contributed by atoms with Gasteiger partial charge in [-0.1, -0.05) is 147 Å². The fraction of sp³-hybridized carbons (Fsp3) is 0.0545. The Balaban J connectivity index is 1.13. The van der Waals surface area contributed by atoms with Gasteiger partial charge in [-0.3, -0.25) is 0 Å². The Kier molecular flexibility index (Phi) is 7.12. The maximum Gasteiger partial charge on any atom is 0.159 e. The maximum absolute atomic E-state index is 6.75. The van der Waals surface area contributed by atoms with Gasteiger partial charge in [-0.25, -0.2) is 0 Å². The normalized spacial score (nSPS) is 12.1. The van der Waals surface area contributed by atoms with Crippen LogP contribution in [0.25, 0.3) is 98.1 Å². The summed E-state index contributed by atoms with van der Waals surface area (Å²) in [7, 11) is 0. The summed E-state index contributed by atoms with van der Waals surface area (Å²) in [4.78, 5) is 2.42. The molecule has 0 spiro atoms. The summed E-state index contributed by atoms with van der Waals surface area (Å²) in [6, 6.07) is 65.9. The van der Waals surface area contributed by atoms with Crippen LogP contribution in [0.3, 0.4) is 0 Å². The summed E-state index contributed by atoms with van der Waals surface area (Å²) in [5, 5.41) is 14.0. The zero-order chi connectivity index (χ0) is 38.5. The molecule has 3 heteroatoms. The van der Waals surface area contributed by atoms with Crippen LogP contribution in [0, 0.1) is 0 Å². The molecule has 0 saturated heterocycles. The molecule has 0 amide bonds. The Labute approximate surface area is 334 Å². The molecule has 2 aromatic heterocycles. The van der Waals surface area contributed by atoms with Crippen molar-refractivity contribution in [1.82, 2.24) is 0 Å². The van der Waals surface area contributed by atoms with Crippen molar-refractivity contribution < 1.29 is 8.83 Å². The molecule has 0 unspecified atom stereocenters. The van der Waals surface area contributed by atoms with Crippen molar-refractivity contribution in [1.29, 1.82) is 0 Å². The second kappa shape index (κ2) is 12.6. The maximum atomic E-state index is 6.75. The Morgan fingerprint density at radius 3 is 1.78 bits per heavy atom. The standard InChI is InChI=1S/C55H37NO2/c1-33(2)34-24-27-38(28-25-34)56(49-20-11-19-45-40-14-9-10-21-50(40)58-55(45)49)54-43-17-7-5-15-41(43)53(42-16-6-8-18-44(42)54)37-26-29-51-47(31-37)48-30-36-23-22-35-12-3-4-13-39(35)46(36)32-52(48)57-51/h3-33H,1-2H3. The Hall–Kier alpha value is -7.36. The van der Waals surface area contributed by atoms with Crippen molar-refractivity contribution >= 4 is 104 Å². The van der Waals surface area contributed by atoms with E-state index in [4.69, 9.17) is 8.83 Å². The van der Waals surface area contributed by atoms with E-state index in [2.05, 4.69) is 195 Å². The number of hydrogen-bond donors (Lipinski definition) is 0. The van der Waals surface area contributed by atoms with Crippen LogP contribution in [-0.4, -0.2) is 0 Å². The fourth-order valence-corrected chi connectivity index (χ4v) is 9.40. The van der Waals surface area contributed by atoms with Crippen molar-refractivity contribution in [2.24, 2.45) is 0 Å². The zero-order valence-electron chi connectivity index (χ0n) is 32.2. The van der Waals surface area contributed by atoms with E-state index < -0.39 is 0 Å². The molecule has 12 rings (SSSR count). The van der Waals surface area contributed by atoms with Gasteiger partial charge in [0, 0.05) is 38.0 Å². The monoisotopic (exact) mass is 743 g/mol. The molecule has 58 heavy (non-hydrogen) atoms. The predicted molar refractivity (Wildman–Crippen MR) is 245 cm³/mol. The van der Waals surface area contributed by atoms with Crippen molar-refractivity contribution in [3.05, 3.63) is 188 Å². The van der Waals surface area contributed by atoms with E-state index in [0.29, 0.717) is 5.92 Å². The van der Waals surface area contributed by atoms with E-state index in [1.54, 1.807) is 0 Å². The Morgan fingerprint density at radius 2 is 1.02 bits per heavy atom. The molecule has 0 bridgehead atoms. The summed E-state index contributed by atoms with van der Waals surface area (Å²) in [5.74, 6) is 0.422. The minimum absolute atomic E-state index is 0.422. The van der Waals surface area contributed by atoms with Crippen LogP contribution >= 0.6 is 0 Å².